The van der Waals surface area contributed by atoms with Gasteiger partial charge in [-0.3, -0.25) is 4.98 Å². The second-order valence-electron chi connectivity index (χ2n) is 8.12. The quantitative estimate of drug-likeness (QED) is 0.215. The molecule has 0 atom stereocenters. The average molecular weight is 631 g/mol. The fourth-order valence-electron chi connectivity index (χ4n) is 4.12. The van der Waals surface area contributed by atoms with E-state index in [1.54, 1.807) is 12.1 Å². The number of hydrogen-bond donors (Lipinski definition) is 0. The molecule has 4 nitrogen and oxygen atoms in total. The smallest absolute Gasteiger partial charge is 0.0560 e. The molecule has 1 aliphatic heterocycles. The molecule has 35 heavy (non-hydrogen) atoms. The minimum atomic E-state index is 0. The molecule has 1 radical (unpaired) electrons. The third kappa shape index (κ3) is 5.30. The van der Waals surface area contributed by atoms with Gasteiger partial charge >= 0.3 is 0 Å². The molecule has 2 aromatic heterocycles. The van der Waals surface area contributed by atoms with E-state index in [9.17, 15) is 0 Å². The maximum atomic E-state index is 8.82. The number of imidazole rings is 1. The van der Waals surface area contributed by atoms with E-state index in [1.807, 2.05) is 55.0 Å². The molecule has 0 N–H and O–H groups in total. The molecule has 6 rings (SSSR count). The maximum absolute atomic E-state index is 8.82. The second kappa shape index (κ2) is 11.1. The van der Waals surface area contributed by atoms with Crippen LogP contribution in [0.25, 0.3) is 33.8 Å². The normalized spacial score (nSPS) is 11.1. The number of nitriles is 1. The summed E-state index contributed by atoms with van der Waals surface area (Å²) in [6, 6.07) is 32.2. The third-order valence-corrected chi connectivity index (χ3v) is 5.92. The van der Waals surface area contributed by atoms with Crippen molar-refractivity contribution in [3.8, 4) is 39.8 Å². The minimum absolute atomic E-state index is 0. The van der Waals surface area contributed by atoms with E-state index < -0.39 is 0 Å². The second-order valence-corrected chi connectivity index (χ2v) is 8.12. The van der Waals surface area contributed by atoms with Crippen LogP contribution in [0.4, 0.5) is 0 Å². The Morgan fingerprint density at radius 1 is 1.00 bits per heavy atom. The van der Waals surface area contributed by atoms with Gasteiger partial charge in [-0.2, -0.15) is 0 Å². The van der Waals surface area contributed by atoms with E-state index in [1.165, 1.54) is 16.7 Å². The molecular weight excluding hydrogens is 609 g/mol. The largest absolute Gasteiger partial charge is 0.371 e. The van der Waals surface area contributed by atoms with Crippen molar-refractivity contribution in [2.75, 3.05) is 0 Å². The van der Waals surface area contributed by atoms with Crippen molar-refractivity contribution in [2.45, 2.75) is 19.9 Å². The molecule has 5 heteroatoms. The molecule has 0 amide bonds. The molecule has 3 aromatic carbocycles. The molecule has 173 valence electrons. The van der Waals surface area contributed by atoms with Gasteiger partial charge in [0.05, 0.1) is 5.82 Å². The summed E-state index contributed by atoms with van der Waals surface area (Å²) in [5, 5.41) is 8.82. The fraction of sp³-hybridized carbons (Fsp3) is 0.100. The fourth-order valence-corrected chi connectivity index (χ4v) is 4.12. The van der Waals surface area contributed by atoms with Crippen LogP contribution in [-0.4, -0.2) is 14.5 Å². The summed E-state index contributed by atoms with van der Waals surface area (Å²) >= 11 is 0. The Hall–Kier alpha value is -3.84. The number of rotatable bonds is 2. The Morgan fingerprint density at radius 2 is 1.86 bits per heavy atom. The van der Waals surface area contributed by atoms with E-state index in [-0.39, 0.29) is 20.1 Å². The molecule has 0 aliphatic carbocycles. The van der Waals surface area contributed by atoms with Crippen LogP contribution in [0.2, 0.25) is 0 Å². The number of aryl methyl sites for hydroxylation is 3. The van der Waals surface area contributed by atoms with Gasteiger partial charge in [-0.25, -0.2) is 5.26 Å². The summed E-state index contributed by atoms with van der Waals surface area (Å²) in [5.41, 5.74) is 8.37. The summed E-state index contributed by atoms with van der Waals surface area (Å²) in [6.45, 7) is 3.12. The van der Waals surface area contributed by atoms with Crippen molar-refractivity contribution in [2.24, 2.45) is 0 Å². The molecular formula is C30H22IrN4-2. The van der Waals surface area contributed by atoms with Crippen LogP contribution in [0.3, 0.4) is 0 Å². The first-order chi connectivity index (χ1) is 16.7. The molecule has 0 saturated heterocycles. The first kappa shape index (κ1) is 24.3. The van der Waals surface area contributed by atoms with Gasteiger partial charge in [-0.15, -0.1) is 65.2 Å². The molecule has 0 bridgehead atoms. The van der Waals surface area contributed by atoms with Crippen LogP contribution in [0.1, 0.15) is 16.7 Å². The van der Waals surface area contributed by atoms with Gasteiger partial charge in [0, 0.05) is 56.9 Å². The van der Waals surface area contributed by atoms with Gasteiger partial charge in [0.25, 0.3) is 0 Å². The number of fused-ring (bicyclic) bond motifs is 3. The molecule has 0 saturated carbocycles. The number of aromatic nitrogens is 3. The van der Waals surface area contributed by atoms with E-state index in [4.69, 9.17) is 5.26 Å². The van der Waals surface area contributed by atoms with Crippen LogP contribution in [0.15, 0.2) is 91.4 Å². The minimum Gasteiger partial charge on any atom is -0.371 e. The average Bonchev–Trinajstić information content (AvgIpc) is 3.39. The zero-order valence-corrected chi connectivity index (χ0v) is 21.6. The molecule has 1 aliphatic rings. The topological polar surface area (TPSA) is 54.5 Å². The van der Waals surface area contributed by atoms with Gasteiger partial charge in [-0.05, 0) is 35.7 Å². The van der Waals surface area contributed by atoms with Crippen LogP contribution in [0.5, 0.6) is 0 Å². The van der Waals surface area contributed by atoms with Crippen molar-refractivity contribution in [3.05, 3.63) is 120 Å². The van der Waals surface area contributed by atoms with Crippen LogP contribution in [0, 0.1) is 30.4 Å². The van der Waals surface area contributed by atoms with Crippen molar-refractivity contribution >= 4 is 0 Å². The van der Waals surface area contributed by atoms with Crippen LogP contribution in [-0.2, 0) is 33.1 Å². The predicted molar refractivity (Wildman–Crippen MR) is 134 cm³/mol. The zero-order valence-electron chi connectivity index (χ0n) is 19.2. The van der Waals surface area contributed by atoms with E-state index in [2.05, 4.69) is 63.9 Å². The molecule has 0 unspecified atom stereocenters. The predicted octanol–water partition coefficient (Wildman–Crippen LogP) is 6.30. The summed E-state index contributed by atoms with van der Waals surface area (Å²) in [6.07, 6.45) is 6.87. The number of hydrogen-bond acceptors (Lipinski definition) is 3. The number of nitrogens with zero attached hydrogens (tertiary/aromatic N) is 4. The van der Waals surface area contributed by atoms with Crippen molar-refractivity contribution < 1.29 is 20.1 Å². The number of pyridine rings is 1. The first-order valence-corrected chi connectivity index (χ1v) is 11.2. The van der Waals surface area contributed by atoms with Gasteiger partial charge in [0.1, 0.15) is 0 Å². The maximum Gasteiger partial charge on any atom is 0.0560 e. The Morgan fingerprint density at radius 3 is 2.60 bits per heavy atom. The number of benzene rings is 3. The third-order valence-electron chi connectivity index (χ3n) is 5.92. The molecule has 3 heterocycles. The zero-order chi connectivity index (χ0) is 23.3. The SMILES string of the molecule is Cc1cc(-c2[c-]cc(C#N)cc2)ncc1-c1ccccc1.[Ir].[c-]1cccc2c1-c1nccn1CC2. The van der Waals surface area contributed by atoms with Gasteiger partial charge in [0.2, 0.25) is 0 Å². The van der Waals surface area contributed by atoms with Crippen LogP contribution < -0.4 is 0 Å². The summed E-state index contributed by atoms with van der Waals surface area (Å²) in [5.74, 6) is 1.06. The Labute approximate surface area is 219 Å². The van der Waals surface area contributed by atoms with Crippen molar-refractivity contribution in [1.29, 1.82) is 5.26 Å². The van der Waals surface area contributed by atoms with Crippen LogP contribution >= 0.6 is 0 Å². The molecule has 0 spiro atoms. The van der Waals surface area contributed by atoms with Gasteiger partial charge < -0.3 is 9.55 Å². The summed E-state index contributed by atoms with van der Waals surface area (Å²) in [7, 11) is 0. The van der Waals surface area contributed by atoms with E-state index in [0.29, 0.717) is 5.56 Å². The van der Waals surface area contributed by atoms with Gasteiger partial charge in [0.15, 0.2) is 0 Å². The summed E-state index contributed by atoms with van der Waals surface area (Å²) < 4.78 is 2.18. The van der Waals surface area contributed by atoms with Crippen molar-refractivity contribution in [3.63, 3.8) is 0 Å². The molecule has 0 fully saturated rings. The first-order valence-electron chi connectivity index (χ1n) is 11.2. The Balaban J connectivity index is 0.000000177. The Bertz CT molecular complexity index is 1460. The van der Waals surface area contributed by atoms with Crippen molar-refractivity contribution in [1.82, 2.24) is 14.5 Å². The Kier molecular flexibility index (Phi) is 7.67. The molecule has 5 aromatic rings. The van der Waals surface area contributed by atoms with E-state index in [0.717, 1.165) is 41.2 Å². The monoisotopic (exact) mass is 631 g/mol. The van der Waals surface area contributed by atoms with Gasteiger partial charge in [-0.1, -0.05) is 36.4 Å². The van der Waals surface area contributed by atoms with E-state index >= 15 is 0 Å². The summed E-state index contributed by atoms with van der Waals surface area (Å²) in [4.78, 5) is 8.86. The standard InChI is InChI=1S/C19H13N2.C11H9N2.Ir/c1-14-11-19(17-9-7-15(12-20)8-10-17)21-13-18(14)16-5-3-2-4-6-16;1-2-4-10-9(3-1)5-7-13-8-6-12-11(10)13;/h2-9,11,13H,1H3;1-3,6,8H,5,7H2;/q2*-1;.